The molecule has 0 spiro atoms. The van der Waals surface area contributed by atoms with Gasteiger partial charge in [-0.3, -0.25) is 14.2 Å². The Labute approximate surface area is 176 Å². The zero-order valence-corrected chi connectivity index (χ0v) is 17.8. The average Bonchev–Trinajstić information content (AvgIpc) is 3.48. The van der Waals surface area contributed by atoms with Crippen LogP contribution >= 0.6 is 11.5 Å². The number of hydrogen-bond acceptors (Lipinski definition) is 6. The van der Waals surface area contributed by atoms with E-state index in [1.54, 1.807) is 4.90 Å². The largest absolute Gasteiger partial charge is 0.368 e. The van der Waals surface area contributed by atoms with Gasteiger partial charge in [0.25, 0.3) is 11.5 Å². The lowest BCUT2D eigenvalue weighted by atomic mass is 10.1. The normalized spacial score (nSPS) is 17.0. The minimum atomic E-state index is -0.455. The van der Waals surface area contributed by atoms with Gasteiger partial charge < -0.3 is 14.8 Å². The van der Waals surface area contributed by atoms with Crippen molar-refractivity contribution in [3.05, 3.63) is 55.0 Å². The standard InChI is InChI=1S/C21H23N5O3S/c1-12-4-3-5-15(13(12)2)24-8-10-25(11-9-24)20(28)18-16-17(23-30-18)19(27)26(14-6-7-14)21(29)22-16/h3-5,14H,6-11H2,1-2H3,(H,22,29). The van der Waals surface area contributed by atoms with Crippen molar-refractivity contribution in [2.75, 3.05) is 31.1 Å². The first-order valence-electron chi connectivity index (χ1n) is 10.2. The summed E-state index contributed by atoms with van der Waals surface area (Å²) in [5.74, 6) is -0.178. The summed E-state index contributed by atoms with van der Waals surface area (Å²) in [6.45, 7) is 6.85. The summed E-state index contributed by atoms with van der Waals surface area (Å²) in [6.07, 6.45) is 1.66. The summed E-state index contributed by atoms with van der Waals surface area (Å²) in [4.78, 5) is 45.3. The van der Waals surface area contributed by atoms with E-state index in [-0.39, 0.29) is 23.0 Å². The van der Waals surface area contributed by atoms with Gasteiger partial charge in [0.1, 0.15) is 4.88 Å². The lowest BCUT2D eigenvalue weighted by Crippen LogP contribution is -2.49. The van der Waals surface area contributed by atoms with Crippen LogP contribution in [0.5, 0.6) is 0 Å². The van der Waals surface area contributed by atoms with Crippen molar-refractivity contribution in [1.29, 1.82) is 0 Å². The molecule has 2 aliphatic rings. The summed E-state index contributed by atoms with van der Waals surface area (Å²) in [5.41, 5.74) is 3.32. The topological polar surface area (TPSA) is 91.3 Å². The summed E-state index contributed by atoms with van der Waals surface area (Å²) in [7, 11) is 0. The minimum absolute atomic E-state index is 0.0374. The van der Waals surface area contributed by atoms with E-state index in [1.807, 2.05) is 0 Å². The van der Waals surface area contributed by atoms with Crippen LogP contribution in [0.15, 0.2) is 27.8 Å². The molecule has 9 heteroatoms. The van der Waals surface area contributed by atoms with E-state index in [1.165, 1.54) is 21.4 Å². The quantitative estimate of drug-likeness (QED) is 0.694. The van der Waals surface area contributed by atoms with Crippen LogP contribution < -0.4 is 16.1 Å². The average molecular weight is 426 g/mol. The fourth-order valence-corrected chi connectivity index (χ4v) is 4.91. The molecule has 1 aromatic carbocycles. The number of nitrogens with one attached hydrogen (secondary N) is 1. The number of benzene rings is 1. The van der Waals surface area contributed by atoms with Gasteiger partial charge in [-0.2, -0.15) is 4.37 Å². The second kappa shape index (κ2) is 7.09. The Morgan fingerprint density at radius 2 is 1.87 bits per heavy atom. The van der Waals surface area contributed by atoms with E-state index in [9.17, 15) is 14.4 Å². The highest BCUT2D eigenvalue weighted by molar-refractivity contribution is 7.09. The van der Waals surface area contributed by atoms with Gasteiger partial charge in [-0.05, 0) is 55.4 Å². The highest BCUT2D eigenvalue weighted by Gasteiger charge is 2.31. The first-order chi connectivity index (χ1) is 14.5. The number of aromatic nitrogens is 3. The molecule has 0 atom stereocenters. The van der Waals surface area contributed by atoms with Crippen LogP contribution in [0.4, 0.5) is 5.69 Å². The van der Waals surface area contributed by atoms with Crippen LogP contribution in [0.2, 0.25) is 0 Å². The molecule has 3 aromatic rings. The number of fused-ring (bicyclic) bond motifs is 1. The molecule has 0 radical (unpaired) electrons. The van der Waals surface area contributed by atoms with Crippen molar-refractivity contribution >= 4 is 34.2 Å². The molecule has 1 amide bonds. The number of aromatic amines is 1. The number of carbonyl (C=O) groups excluding carboxylic acids is 1. The molecular weight excluding hydrogens is 402 g/mol. The van der Waals surface area contributed by atoms with E-state index in [4.69, 9.17) is 0 Å². The number of H-pyrrole nitrogens is 1. The van der Waals surface area contributed by atoms with Gasteiger partial charge >= 0.3 is 5.69 Å². The summed E-state index contributed by atoms with van der Waals surface area (Å²) < 4.78 is 5.45. The Morgan fingerprint density at radius 3 is 2.57 bits per heavy atom. The minimum Gasteiger partial charge on any atom is -0.368 e. The Balaban J connectivity index is 1.38. The molecule has 0 bridgehead atoms. The summed E-state index contributed by atoms with van der Waals surface area (Å²) in [6, 6.07) is 6.24. The molecule has 1 N–H and O–H groups in total. The predicted molar refractivity (Wildman–Crippen MR) is 117 cm³/mol. The first-order valence-corrected chi connectivity index (χ1v) is 11.0. The fraction of sp³-hybridized carbons (Fsp3) is 0.429. The number of amides is 1. The molecular formula is C21H23N5O3S. The highest BCUT2D eigenvalue weighted by Crippen LogP contribution is 2.32. The third-order valence-corrected chi connectivity index (χ3v) is 6.99. The Hall–Kier alpha value is -2.94. The monoisotopic (exact) mass is 425 g/mol. The van der Waals surface area contributed by atoms with E-state index in [0.717, 1.165) is 37.5 Å². The molecule has 1 saturated carbocycles. The van der Waals surface area contributed by atoms with E-state index >= 15 is 0 Å². The predicted octanol–water partition coefficient (Wildman–Crippen LogP) is 2.06. The smallest absolute Gasteiger partial charge is 0.329 e. The van der Waals surface area contributed by atoms with Gasteiger partial charge in [0, 0.05) is 37.9 Å². The molecule has 1 saturated heterocycles. The van der Waals surface area contributed by atoms with Crippen molar-refractivity contribution in [2.45, 2.75) is 32.7 Å². The zero-order chi connectivity index (χ0) is 21.0. The van der Waals surface area contributed by atoms with E-state index in [0.29, 0.717) is 18.0 Å². The number of rotatable bonds is 3. The van der Waals surface area contributed by atoms with Crippen molar-refractivity contribution in [1.82, 2.24) is 18.8 Å². The van der Waals surface area contributed by atoms with Gasteiger partial charge in [0.05, 0.1) is 5.52 Å². The van der Waals surface area contributed by atoms with Crippen molar-refractivity contribution in [2.24, 2.45) is 0 Å². The molecule has 3 heterocycles. The molecule has 5 rings (SSSR count). The second-order valence-corrected chi connectivity index (χ2v) is 8.84. The van der Waals surface area contributed by atoms with Crippen LogP contribution in [-0.4, -0.2) is 50.9 Å². The van der Waals surface area contributed by atoms with Gasteiger partial charge in [0.2, 0.25) is 0 Å². The molecule has 156 valence electrons. The van der Waals surface area contributed by atoms with Crippen LogP contribution in [0, 0.1) is 13.8 Å². The first kappa shape index (κ1) is 19.0. The third-order valence-electron chi connectivity index (χ3n) is 6.15. The molecule has 1 aliphatic carbocycles. The summed E-state index contributed by atoms with van der Waals surface area (Å²) >= 11 is 0.992. The Kier molecular flexibility index (Phi) is 4.50. The van der Waals surface area contributed by atoms with Crippen molar-refractivity contribution in [3.63, 3.8) is 0 Å². The lowest BCUT2D eigenvalue weighted by Gasteiger charge is -2.36. The fourth-order valence-electron chi connectivity index (χ4n) is 4.11. The van der Waals surface area contributed by atoms with E-state index in [2.05, 4.69) is 46.3 Å². The number of piperazine rings is 1. The molecule has 0 unspecified atom stereocenters. The van der Waals surface area contributed by atoms with Gasteiger partial charge in [-0.25, -0.2) is 4.79 Å². The van der Waals surface area contributed by atoms with Crippen LogP contribution in [0.3, 0.4) is 0 Å². The lowest BCUT2D eigenvalue weighted by molar-refractivity contribution is 0.0753. The second-order valence-electron chi connectivity index (χ2n) is 8.07. The van der Waals surface area contributed by atoms with E-state index < -0.39 is 11.2 Å². The number of anilines is 1. The Bertz CT molecular complexity index is 1260. The van der Waals surface area contributed by atoms with Gasteiger partial charge in [0.15, 0.2) is 5.52 Å². The molecule has 8 nitrogen and oxygen atoms in total. The number of carbonyl (C=O) groups is 1. The number of aryl methyl sites for hydroxylation is 1. The zero-order valence-electron chi connectivity index (χ0n) is 17.0. The highest BCUT2D eigenvalue weighted by atomic mass is 32.1. The van der Waals surface area contributed by atoms with Crippen LogP contribution in [0.1, 0.15) is 39.7 Å². The maximum Gasteiger partial charge on any atom is 0.329 e. The van der Waals surface area contributed by atoms with Gasteiger partial charge in [-0.1, -0.05) is 12.1 Å². The molecule has 1 aliphatic heterocycles. The van der Waals surface area contributed by atoms with Crippen molar-refractivity contribution in [3.8, 4) is 0 Å². The Morgan fingerprint density at radius 1 is 1.13 bits per heavy atom. The maximum atomic E-state index is 13.1. The third kappa shape index (κ3) is 3.04. The SMILES string of the molecule is Cc1cccc(N2CCN(C(=O)c3snc4c(=O)n(C5CC5)c(=O)[nH]c34)CC2)c1C. The van der Waals surface area contributed by atoms with Crippen molar-refractivity contribution < 1.29 is 4.79 Å². The maximum absolute atomic E-state index is 13.1. The van der Waals surface area contributed by atoms with Crippen LogP contribution in [-0.2, 0) is 0 Å². The molecule has 2 aromatic heterocycles. The van der Waals surface area contributed by atoms with Crippen LogP contribution in [0.25, 0.3) is 11.0 Å². The molecule has 2 fully saturated rings. The molecule has 30 heavy (non-hydrogen) atoms. The number of hydrogen-bond donors (Lipinski definition) is 1. The number of nitrogens with zero attached hydrogens (tertiary/aromatic N) is 4. The van der Waals surface area contributed by atoms with Gasteiger partial charge in [-0.15, -0.1) is 0 Å². The summed E-state index contributed by atoms with van der Waals surface area (Å²) in [5, 5.41) is 0.